The quantitative estimate of drug-likeness (QED) is 0.568. The van der Waals surface area contributed by atoms with Crippen LogP contribution in [-0.2, 0) is 15.1 Å². The first-order chi connectivity index (χ1) is 9.47. The number of ether oxygens (including phenoxy) is 1. The molecule has 2 amide bonds. The zero-order valence-corrected chi connectivity index (χ0v) is 11.6. The number of nitrogens with two attached hydrogens (primary N) is 1. The first-order valence-electron chi connectivity index (χ1n) is 6.49. The van der Waals surface area contributed by atoms with Gasteiger partial charge in [0.25, 0.3) is 0 Å². The average molecular weight is 277 g/mol. The standard InChI is InChI=1S/C14H19N3O3/c1-9(12(18)20-2)16-13(19)17-14(7-8-14)10-3-5-11(15)6-4-10/h3-6,9H,7-8,15H2,1-2H3,(H2,16,17,19). The summed E-state index contributed by atoms with van der Waals surface area (Å²) in [6.45, 7) is 1.58. The molecule has 0 saturated heterocycles. The van der Waals surface area contributed by atoms with E-state index in [2.05, 4.69) is 15.4 Å². The number of hydrogen-bond acceptors (Lipinski definition) is 4. The van der Waals surface area contributed by atoms with Crippen molar-refractivity contribution in [1.82, 2.24) is 10.6 Å². The Hall–Kier alpha value is -2.24. The molecule has 0 aliphatic heterocycles. The fourth-order valence-corrected chi connectivity index (χ4v) is 2.10. The van der Waals surface area contributed by atoms with Crippen molar-refractivity contribution in [3.8, 4) is 0 Å². The number of nitrogen functional groups attached to an aromatic ring is 1. The molecule has 0 radical (unpaired) electrons. The molecule has 0 spiro atoms. The number of carbonyl (C=O) groups excluding carboxylic acids is 2. The zero-order valence-electron chi connectivity index (χ0n) is 11.6. The van der Waals surface area contributed by atoms with Gasteiger partial charge in [0, 0.05) is 5.69 Å². The highest BCUT2D eigenvalue weighted by molar-refractivity contribution is 5.83. The van der Waals surface area contributed by atoms with Crippen LogP contribution in [0.15, 0.2) is 24.3 Å². The number of benzene rings is 1. The molecule has 1 fully saturated rings. The maximum absolute atomic E-state index is 11.9. The van der Waals surface area contributed by atoms with Crippen molar-refractivity contribution in [2.24, 2.45) is 0 Å². The van der Waals surface area contributed by atoms with E-state index in [-0.39, 0.29) is 11.6 Å². The molecule has 1 atom stereocenters. The van der Waals surface area contributed by atoms with Crippen LogP contribution in [0.2, 0.25) is 0 Å². The molecule has 1 unspecified atom stereocenters. The van der Waals surface area contributed by atoms with Crippen LogP contribution in [0.1, 0.15) is 25.3 Å². The van der Waals surface area contributed by atoms with Gasteiger partial charge in [0.05, 0.1) is 12.6 Å². The Balaban J connectivity index is 1.97. The summed E-state index contributed by atoms with van der Waals surface area (Å²) in [5, 5.41) is 5.47. The monoisotopic (exact) mass is 277 g/mol. The lowest BCUT2D eigenvalue weighted by Crippen LogP contribution is -2.48. The van der Waals surface area contributed by atoms with E-state index in [0.717, 1.165) is 18.4 Å². The van der Waals surface area contributed by atoms with Gasteiger partial charge < -0.3 is 21.1 Å². The molecular weight excluding hydrogens is 258 g/mol. The summed E-state index contributed by atoms with van der Waals surface area (Å²) in [6.07, 6.45) is 1.74. The smallest absolute Gasteiger partial charge is 0.328 e. The van der Waals surface area contributed by atoms with Crippen molar-refractivity contribution < 1.29 is 14.3 Å². The minimum absolute atomic E-state index is 0.340. The number of amides is 2. The lowest BCUT2D eigenvalue weighted by molar-refractivity contribution is -0.142. The van der Waals surface area contributed by atoms with Crippen LogP contribution < -0.4 is 16.4 Å². The second-order valence-electron chi connectivity index (χ2n) is 5.05. The Morgan fingerprint density at radius 1 is 1.30 bits per heavy atom. The summed E-state index contributed by atoms with van der Waals surface area (Å²) in [7, 11) is 1.29. The largest absolute Gasteiger partial charge is 0.467 e. The zero-order chi connectivity index (χ0) is 14.8. The summed E-state index contributed by atoms with van der Waals surface area (Å²) in [6, 6.07) is 6.39. The predicted molar refractivity (Wildman–Crippen MR) is 74.9 cm³/mol. The van der Waals surface area contributed by atoms with Gasteiger partial charge in [-0.1, -0.05) is 12.1 Å². The van der Waals surface area contributed by atoms with Crippen molar-refractivity contribution >= 4 is 17.7 Å². The molecule has 20 heavy (non-hydrogen) atoms. The fraction of sp³-hybridized carbons (Fsp3) is 0.429. The summed E-state index contributed by atoms with van der Waals surface area (Å²) in [5.74, 6) is -0.475. The SMILES string of the molecule is COC(=O)C(C)NC(=O)NC1(c2ccc(N)cc2)CC1. The maximum Gasteiger partial charge on any atom is 0.328 e. The predicted octanol–water partition coefficient (Wildman–Crippen LogP) is 1.12. The Morgan fingerprint density at radius 3 is 2.40 bits per heavy atom. The number of anilines is 1. The third-order valence-electron chi connectivity index (χ3n) is 3.47. The number of urea groups is 1. The molecule has 6 heteroatoms. The molecule has 1 saturated carbocycles. The van der Waals surface area contributed by atoms with Gasteiger partial charge in [0.2, 0.25) is 0 Å². The van der Waals surface area contributed by atoms with Gasteiger partial charge in [-0.2, -0.15) is 0 Å². The molecule has 1 aliphatic rings. The molecule has 1 aliphatic carbocycles. The van der Waals surface area contributed by atoms with Crippen molar-refractivity contribution in [1.29, 1.82) is 0 Å². The van der Waals surface area contributed by atoms with Gasteiger partial charge in [-0.25, -0.2) is 9.59 Å². The summed E-state index contributed by atoms with van der Waals surface area (Å²) in [5.41, 5.74) is 7.02. The van der Waals surface area contributed by atoms with E-state index in [4.69, 9.17) is 5.73 Å². The number of methoxy groups -OCH3 is 1. The second kappa shape index (κ2) is 5.40. The van der Waals surface area contributed by atoms with Gasteiger partial charge in [-0.05, 0) is 37.5 Å². The number of nitrogens with one attached hydrogen (secondary N) is 2. The summed E-state index contributed by atoms with van der Waals surface area (Å²) >= 11 is 0. The molecule has 4 N–H and O–H groups in total. The van der Waals surface area contributed by atoms with Gasteiger partial charge in [-0.15, -0.1) is 0 Å². The minimum Gasteiger partial charge on any atom is -0.467 e. The van der Waals surface area contributed by atoms with Crippen LogP contribution in [0.5, 0.6) is 0 Å². The van der Waals surface area contributed by atoms with E-state index in [1.165, 1.54) is 7.11 Å². The van der Waals surface area contributed by atoms with Gasteiger partial charge in [0.1, 0.15) is 6.04 Å². The van der Waals surface area contributed by atoms with E-state index in [9.17, 15) is 9.59 Å². The molecule has 2 rings (SSSR count). The van der Waals surface area contributed by atoms with Gasteiger partial charge >= 0.3 is 12.0 Å². The van der Waals surface area contributed by atoms with Crippen LogP contribution in [0.25, 0.3) is 0 Å². The van der Waals surface area contributed by atoms with Crippen molar-refractivity contribution in [2.75, 3.05) is 12.8 Å². The van der Waals surface area contributed by atoms with Crippen LogP contribution in [-0.4, -0.2) is 25.2 Å². The van der Waals surface area contributed by atoms with Gasteiger partial charge in [0.15, 0.2) is 0 Å². The molecule has 108 valence electrons. The van der Waals surface area contributed by atoms with Crippen molar-refractivity contribution in [3.63, 3.8) is 0 Å². The molecule has 0 aromatic heterocycles. The molecule has 1 aromatic carbocycles. The molecular formula is C14H19N3O3. The lowest BCUT2D eigenvalue weighted by Gasteiger charge is -2.20. The Kier molecular flexibility index (Phi) is 3.83. The van der Waals surface area contributed by atoms with Crippen molar-refractivity contribution in [2.45, 2.75) is 31.3 Å². The Morgan fingerprint density at radius 2 is 1.90 bits per heavy atom. The Labute approximate surface area is 117 Å². The Bertz CT molecular complexity index is 509. The van der Waals surface area contributed by atoms with Crippen LogP contribution >= 0.6 is 0 Å². The average Bonchev–Trinajstić information content (AvgIpc) is 3.18. The fourth-order valence-electron chi connectivity index (χ4n) is 2.10. The molecule has 0 heterocycles. The molecule has 6 nitrogen and oxygen atoms in total. The summed E-state index contributed by atoms with van der Waals surface area (Å²) in [4.78, 5) is 23.2. The van der Waals surface area contributed by atoms with Crippen molar-refractivity contribution in [3.05, 3.63) is 29.8 Å². The van der Waals surface area contributed by atoms with E-state index in [1.807, 2.05) is 24.3 Å². The number of esters is 1. The first-order valence-corrected chi connectivity index (χ1v) is 6.49. The molecule has 1 aromatic rings. The number of carbonyl (C=O) groups is 2. The second-order valence-corrected chi connectivity index (χ2v) is 5.05. The third-order valence-corrected chi connectivity index (χ3v) is 3.47. The van der Waals surface area contributed by atoms with E-state index in [1.54, 1.807) is 6.92 Å². The van der Waals surface area contributed by atoms with E-state index in [0.29, 0.717) is 5.69 Å². The normalized spacial score (nSPS) is 16.9. The summed E-state index contributed by atoms with van der Waals surface area (Å²) < 4.78 is 4.56. The highest BCUT2D eigenvalue weighted by Crippen LogP contribution is 2.45. The highest BCUT2D eigenvalue weighted by atomic mass is 16.5. The van der Waals surface area contributed by atoms with E-state index < -0.39 is 12.0 Å². The van der Waals surface area contributed by atoms with Crippen LogP contribution in [0, 0.1) is 0 Å². The van der Waals surface area contributed by atoms with Gasteiger partial charge in [-0.3, -0.25) is 0 Å². The maximum atomic E-state index is 11.9. The van der Waals surface area contributed by atoms with E-state index >= 15 is 0 Å². The topological polar surface area (TPSA) is 93.4 Å². The highest BCUT2D eigenvalue weighted by Gasteiger charge is 2.45. The third kappa shape index (κ3) is 3.01. The van der Waals surface area contributed by atoms with Crippen LogP contribution in [0.3, 0.4) is 0 Å². The minimum atomic E-state index is -0.679. The van der Waals surface area contributed by atoms with Crippen LogP contribution in [0.4, 0.5) is 10.5 Å². The first kappa shape index (κ1) is 14.2. The number of hydrogen-bond donors (Lipinski definition) is 3. The number of rotatable bonds is 4. The molecule has 0 bridgehead atoms. The lowest BCUT2D eigenvalue weighted by atomic mass is 10.0.